The van der Waals surface area contributed by atoms with E-state index < -0.39 is 0 Å². The summed E-state index contributed by atoms with van der Waals surface area (Å²) in [4.78, 5) is 12.2. The van der Waals surface area contributed by atoms with E-state index in [1.165, 1.54) is 5.56 Å². The molecule has 4 heteroatoms. The molecule has 1 saturated carbocycles. The average molecular weight is 260 g/mol. The van der Waals surface area contributed by atoms with Crippen molar-refractivity contribution in [3.8, 4) is 0 Å². The predicted octanol–water partition coefficient (Wildman–Crippen LogP) is 1.54. The molecule has 1 fully saturated rings. The molecule has 1 aromatic carbocycles. The number of hydrogen-bond donors (Lipinski definition) is 3. The highest BCUT2D eigenvalue weighted by Crippen LogP contribution is 2.40. The van der Waals surface area contributed by atoms with Crippen molar-refractivity contribution < 1.29 is 9.90 Å². The number of nitrogens with one attached hydrogen (secondary N) is 2. The first-order valence-corrected chi connectivity index (χ1v) is 6.84. The lowest BCUT2D eigenvalue weighted by molar-refractivity contribution is -0.0689. The Bertz CT molecular complexity index is 525. The zero-order valence-electron chi connectivity index (χ0n) is 11.4. The minimum absolute atomic E-state index is 0.0420. The van der Waals surface area contributed by atoms with Gasteiger partial charge in [0.05, 0.1) is 6.10 Å². The molecule has 0 saturated heterocycles. The molecule has 1 heterocycles. The summed E-state index contributed by atoms with van der Waals surface area (Å²) in [6.45, 7) is 4.92. The molecule has 2 aliphatic rings. The third kappa shape index (κ3) is 2.00. The number of anilines is 1. The van der Waals surface area contributed by atoms with Crippen LogP contribution >= 0.6 is 0 Å². The van der Waals surface area contributed by atoms with Crippen molar-refractivity contribution in [1.29, 1.82) is 0 Å². The molecule has 3 N–H and O–H groups in total. The van der Waals surface area contributed by atoms with Crippen molar-refractivity contribution in [1.82, 2.24) is 5.32 Å². The van der Waals surface area contributed by atoms with Crippen molar-refractivity contribution in [3.05, 3.63) is 29.3 Å². The van der Waals surface area contributed by atoms with Gasteiger partial charge in [0.25, 0.3) is 5.91 Å². The van der Waals surface area contributed by atoms with Crippen LogP contribution in [0.1, 0.15) is 36.2 Å². The molecule has 0 radical (unpaired) electrons. The van der Waals surface area contributed by atoms with Crippen LogP contribution in [0, 0.1) is 5.41 Å². The molecule has 3 rings (SSSR count). The number of aliphatic hydroxyl groups excluding tert-OH is 1. The quantitative estimate of drug-likeness (QED) is 0.756. The summed E-state index contributed by atoms with van der Waals surface area (Å²) in [5.41, 5.74) is 2.82. The van der Waals surface area contributed by atoms with Gasteiger partial charge < -0.3 is 15.7 Å². The zero-order valence-corrected chi connectivity index (χ0v) is 11.4. The summed E-state index contributed by atoms with van der Waals surface area (Å²) < 4.78 is 0. The second-order valence-corrected chi connectivity index (χ2v) is 6.15. The molecule has 1 amide bonds. The number of carbonyl (C=O) groups is 1. The molecule has 0 spiro atoms. The van der Waals surface area contributed by atoms with Gasteiger partial charge in [0, 0.05) is 29.3 Å². The minimum Gasteiger partial charge on any atom is -0.392 e. The van der Waals surface area contributed by atoms with E-state index in [-0.39, 0.29) is 23.5 Å². The first-order valence-electron chi connectivity index (χ1n) is 6.84. The maximum absolute atomic E-state index is 12.2. The van der Waals surface area contributed by atoms with E-state index in [2.05, 4.69) is 10.6 Å². The molecular weight excluding hydrogens is 240 g/mol. The number of benzene rings is 1. The third-order valence-electron chi connectivity index (χ3n) is 4.60. The number of fused-ring (bicyclic) bond motifs is 1. The number of amides is 1. The molecule has 2 unspecified atom stereocenters. The van der Waals surface area contributed by atoms with Crippen LogP contribution in [0.2, 0.25) is 0 Å². The highest BCUT2D eigenvalue weighted by Gasteiger charge is 2.47. The summed E-state index contributed by atoms with van der Waals surface area (Å²) in [5.74, 6) is -0.0420. The second-order valence-electron chi connectivity index (χ2n) is 6.15. The van der Waals surface area contributed by atoms with Gasteiger partial charge in [0.1, 0.15) is 0 Å². The zero-order chi connectivity index (χ0) is 13.6. The lowest BCUT2D eigenvalue weighted by Gasteiger charge is -2.49. The van der Waals surface area contributed by atoms with Gasteiger partial charge in [-0.15, -0.1) is 0 Å². The van der Waals surface area contributed by atoms with Crippen LogP contribution in [0.3, 0.4) is 0 Å². The average Bonchev–Trinajstić information content (AvgIpc) is 2.85. The Hall–Kier alpha value is -1.55. The van der Waals surface area contributed by atoms with Gasteiger partial charge in [0.2, 0.25) is 0 Å². The molecule has 0 aromatic heterocycles. The predicted molar refractivity (Wildman–Crippen MR) is 74.3 cm³/mol. The molecule has 102 valence electrons. The van der Waals surface area contributed by atoms with Crippen molar-refractivity contribution in [2.75, 3.05) is 11.9 Å². The normalized spacial score (nSPS) is 27.1. The van der Waals surface area contributed by atoms with Gasteiger partial charge in [-0.05, 0) is 36.6 Å². The van der Waals surface area contributed by atoms with E-state index in [9.17, 15) is 9.90 Å². The highest BCUT2D eigenvalue weighted by atomic mass is 16.3. The first-order chi connectivity index (χ1) is 8.98. The van der Waals surface area contributed by atoms with Crippen LogP contribution in [0.5, 0.6) is 0 Å². The van der Waals surface area contributed by atoms with Crippen LogP contribution in [0.25, 0.3) is 0 Å². The van der Waals surface area contributed by atoms with Crippen molar-refractivity contribution in [2.24, 2.45) is 5.41 Å². The fourth-order valence-corrected chi connectivity index (χ4v) is 2.84. The van der Waals surface area contributed by atoms with Crippen LogP contribution in [0.15, 0.2) is 18.2 Å². The van der Waals surface area contributed by atoms with Crippen molar-refractivity contribution in [3.63, 3.8) is 0 Å². The van der Waals surface area contributed by atoms with E-state index >= 15 is 0 Å². The van der Waals surface area contributed by atoms with Crippen LogP contribution in [-0.2, 0) is 6.42 Å². The van der Waals surface area contributed by atoms with Crippen molar-refractivity contribution in [2.45, 2.75) is 38.8 Å². The Balaban J connectivity index is 1.71. The first kappa shape index (κ1) is 12.5. The van der Waals surface area contributed by atoms with Gasteiger partial charge in [-0.3, -0.25) is 4.79 Å². The van der Waals surface area contributed by atoms with E-state index in [4.69, 9.17) is 0 Å². The molecular formula is C15H20N2O2. The van der Waals surface area contributed by atoms with Gasteiger partial charge >= 0.3 is 0 Å². The smallest absolute Gasteiger partial charge is 0.251 e. The molecule has 2 atom stereocenters. The fraction of sp³-hybridized carbons (Fsp3) is 0.533. The maximum atomic E-state index is 12.2. The Morgan fingerprint density at radius 2 is 2.26 bits per heavy atom. The Labute approximate surface area is 113 Å². The number of carbonyl (C=O) groups excluding carboxylic acids is 1. The Morgan fingerprint density at radius 3 is 2.95 bits per heavy atom. The van der Waals surface area contributed by atoms with Gasteiger partial charge in [-0.1, -0.05) is 13.8 Å². The monoisotopic (exact) mass is 260 g/mol. The summed E-state index contributed by atoms with van der Waals surface area (Å²) in [6.07, 6.45) is 1.30. The van der Waals surface area contributed by atoms with Gasteiger partial charge in [-0.2, -0.15) is 0 Å². The van der Waals surface area contributed by atoms with E-state index in [0.29, 0.717) is 12.0 Å². The summed E-state index contributed by atoms with van der Waals surface area (Å²) in [6, 6.07) is 5.85. The van der Waals surface area contributed by atoms with Gasteiger partial charge in [0.15, 0.2) is 0 Å². The summed E-state index contributed by atoms with van der Waals surface area (Å²) in [5, 5.41) is 16.0. The summed E-state index contributed by atoms with van der Waals surface area (Å²) in [7, 11) is 0. The molecule has 4 nitrogen and oxygen atoms in total. The van der Waals surface area contributed by atoms with E-state index in [1.807, 2.05) is 32.0 Å². The number of rotatable bonds is 2. The van der Waals surface area contributed by atoms with Crippen LogP contribution in [0.4, 0.5) is 5.69 Å². The highest BCUT2D eigenvalue weighted by molar-refractivity contribution is 5.95. The molecule has 0 bridgehead atoms. The molecule has 1 aromatic rings. The molecule has 1 aliphatic carbocycles. The maximum Gasteiger partial charge on any atom is 0.251 e. The molecule has 1 aliphatic heterocycles. The summed E-state index contributed by atoms with van der Waals surface area (Å²) >= 11 is 0. The molecule has 19 heavy (non-hydrogen) atoms. The van der Waals surface area contributed by atoms with Crippen LogP contribution < -0.4 is 10.6 Å². The fourth-order valence-electron chi connectivity index (χ4n) is 2.84. The van der Waals surface area contributed by atoms with Gasteiger partial charge in [-0.25, -0.2) is 0 Å². The standard InChI is InChI=1S/C15H20N2O2/c1-15(2)12(8-13(15)18)17-14(19)10-3-4-11-9(7-10)5-6-16-11/h3-4,7,12-13,16,18H,5-6,8H2,1-2H3,(H,17,19). The second kappa shape index (κ2) is 4.23. The van der Waals surface area contributed by atoms with Crippen molar-refractivity contribution >= 4 is 11.6 Å². The Kier molecular flexibility index (Phi) is 2.78. The number of aliphatic hydroxyl groups is 1. The van der Waals surface area contributed by atoms with E-state index in [0.717, 1.165) is 18.7 Å². The topological polar surface area (TPSA) is 61.4 Å². The largest absolute Gasteiger partial charge is 0.392 e. The van der Waals surface area contributed by atoms with E-state index in [1.54, 1.807) is 0 Å². The third-order valence-corrected chi connectivity index (χ3v) is 4.60. The van der Waals surface area contributed by atoms with Crippen LogP contribution in [-0.4, -0.2) is 29.7 Å². The SMILES string of the molecule is CC1(C)C(O)CC1NC(=O)c1ccc2c(c1)CCN2. The minimum atomic E-state index is -0.318. The number of hydrogen-bond acceptors (Lipinski definition) is 3. The lowest BCUT2D eigenvalue weighted by atomic mass is 9.64. The Morgan fingerprint density at radius 1 is 1.47 bits per heavy atom. The lowest BCUT2D eigenvalue weighted by Crippen LogP contribution is -2.61.